The molecule has 2 fully saturated rings. The van der Waals surface area contributed by atoms with E-state index in [2.05, 4.69) is 5.32 Å². The maximum atomic E-state index is 12.1. The first-order chi connectivity index (χ1) is 9.00. The van der Waals surface area contributed by atoms with Crippen LogP contribution in [-0.4, -0.2) is 23.0 Å². The van der Waals surface area contributed by atoms with E-state index in [0.29, 0.717) is 24.8 Å². The molecule has 19 heavy (non-hydrogen) atoms. The standard InChI is InChI=1S/C15H25NO3/c1-3-15(4-2,14(18)19)9-13(17)16-12-8-10-5-6-11(12)7-10/h10-12H,3-9H2,1-2H3,(H,16,17)(H,18,19). The van der Waals surface area contributed by atoms with Gasteiger partial charge in [0, 0.05) is 12.5 Å². The lowest BCUT2D eigenvalue weighted by Gasteiger charge is -2.28. The van der Waals surface area contributed by atoms with Crippen molar-refractivity contribution in [3.05, 3.63) is 0 Å². The Hall–Kier alpha value is -1.06. The molecule has 2 aliphatic carbocycles. The molecule has 0 aromatic rings. The van der Waals surface area contributed by atoms with E-state index in [1.807, 2.05) is 13.8 Å². The quantitative estimate of drug-likeness (QED) is 0.777. The summed E-state index contributed by atoms with van der Waals surface area (Å²) < 4.78 is 0. The molecule has 3 atom stereocenters. The van der Waals surface area contributed by atoms with Crippen molar-refractivity contribution in [3.8, 4) is 0 Å². The Balaban J connectivity index is 1.91. The van der Waals surface area contributed by atoms with Crippen LogP contribution in [0.3, 0.4) is 0 Å². The minimum atomic E-state index is -0.887. The van der Waals surface area contributed by atoms with E-state index in [9.17, 15) is 14.7 Å². The average Bonchev–Trinajstić information content (AvgIpc) is 2.97. The van der Waals surface area contributed by atoms with Crippen LogP contribution in [0, 0.1) is 17.3 Å². The molecule has 3 unspecified atom stereocenters. The van der Waals surface area contributed by atoms with E-state index < -0.39 is 11.4 Å². The number of carbonyl (C=O) groups is 2. The van der Waals surface area contributed by atoms with Gasteiger partial charge in [-0.15, -0.1) is 0 Å². The molecule has 0 spiro atoms. The molecule has 2 saturated carbocycles. The van der Waals surface area contributed by atoms with Crippen molar-refractivity contribution in [2.75, 3.05) is 0 Å². The van der Waals surface area contributed by atoms with Crippen molar-refractivity contribution in [3.63, 3.8) is 0 Å². The van der Waals surface area contributed by atoms with E-state index in [-0.39, 0.29) is 12.3 Å². The predicted molar refractivity (Wildman–Crippen MR) is 72.6 cm³/mol. The second kappa shape index (κ2) is 5.51. The van der Waals surface area contributed by atoms with E-state index in [1.165, 1.54) is 19.3 Å². The number of fused-ring (bicyclic) bond motifs is 2. The molecule has 2 N–H and O–H groups in total. The van der Waals surface area contributed by atoms with Gasteiger partial charge >= 0.3 is 5.97 Å². The van der Waals surface area contributed by atoms with Gasteiger partial charge < -0.3 is 10.4 Å². The summed E-state index contributed by atoms with van der Waals surface area (Å²) in [4.78, 5) is 23.5. The number of aliphatic carboxylic acids is 1. The average molecular weight is 267 g/mol. The Labute approximate surface area is 115 Å². The van der Waals surface area contributed by atoms with Crippen LogP contribution in [0.15, 0.2) is 0 Å². The van der Waals surface area contributed by atoms with Gasteiger partial charge in [0.2, 0.25) is 5.91 Å². The van der Waals surface area contributed by atoms with Crippen LogP contribution in [0.25, 0.3) is 0 Å². The van der Waals surface area contributed by atoms with Gasteiger partial charge in [0.1, 0.15) is 0 Å². The lowest BCUT2D eigenvalue weighted by atomic mass is 9.79. The number of carboxylic acids is 1. The Bertz CT molecular complexity index is 362. The first-order valence-electron chi connectivity index (χ1n) is 7.53. The fourth-order valence-electron chi connectivity index (χ4n) is 3.86. The van der Waals surface area contributed by atoms with Gasteiger partial charge in [-0.3, -0.25) is 9.59 Å². The van der Waals surface area contributed by atoms with Crippen LogP contribution >= 0.6 is 0 Å². The molecule has 0 aliphatic heterocycles. The summed E-state index contributed by atoms with van der Waals surface area (Å²) in [5, 5.41) is 12.4. The fourth-order valence-corrected chi connectivity index (χ4v) is 3.86. The van der Waals surface area contributed by atoms with Crippen LogP contribution < -0.4 is 5.32 Å². The van der Waals surface area contributed by atoms with E-state index >= 15 is 0 Å². The normalized spacial score (nSPS) is 29.5. The molecule has 0 heterocycles. The third-order valence-electron chi connectivity index (χ3n) is 5.39. The van der Waals surface area contributed by atoms with Gasteiger partial charge in [-0.05, 0) is 43.9 Å². The molecule has 0 saturated heterocycles. The highest BCUT2D eigenvalue weighted by Crippen LogP contribution is 2.44. The fraction of sp³-hybridized carbons (Fsp3) is 0.867. The van der Waals surface area contributed by atoms with Gasteiger partial charge in [-0.1, -0.05) is 20.3 Å². The topological polar surface area (TPSA) is 66.4 Å². The zero-order valence-corrected chi connectivity index (χ0v) is 11.9. The minimum Gasteiger partial charge on any atom is -0.481 e. The molecule has 4 heteroatoms. The van der Waals surface area contributed by atoms with Gasteiger partial charge in [-0.25, -0.2) is 0 Å². The second-order valence-corrected chi connectivity index (χ2v) is 6.32. The van der Waals surface area contributed by atoms with Crippen molar-refractivity contribution in [2.24, 2.45) is 17.3 Å². The Kier molecular flexibility index (Phi) is 4.16. The monoisotopic (exact) mass is 267 g/mol. The maximum absolute atomic E-state index is 12.1. The zero-order chi connectivity index (χ0) is 14.0. The van der Waals surface area contributed by atoms with Crippen molar-refractivity contribution < 1.29 is 14.7 Å². The Morgan fingerprint density at radius 1 is 1.21 bits per heavy atom. The summed E-state index contributed by atoms with van der Waals surface area (Å²) in [6, 6.07) is 0.298. The molecule has 1 amide bonds. The van der Waals surface area contributed by atoms with Crippen molar-refractivity contribution in [1.29, 1.82) is 0 Å². The number of hydrogen-bond acceptors (Lipinski definition) is 2. The van der Waals surface area contributed by atoms with Crippen LogP contribution in [0.5, 0.6) is 0 Å². The molecule has 0 radical (unpaired) electrons. The predicted octanol–water partition coefficient (Wildman–Crippen LogP) is 2.57. The molecule has 2 bridgehead atoms. The van der Waals surface area contributed by atoms with E-state index in [0.717, 1.165) is 12.3 Å². The summed E-state index contributed by atoms with van der Waals surface area (Å²) in [7, 11) is 0. The molecular formula is C15H25NO3. The van der Waals surface area contributed by atoms with Crippen LogP contribution in [0.4, 0.5) is 0 Å². The van der Waals surface area contributed by atoms with Crippen molar-refractivity contribution in [1.82, 2.24) is 5.32 Å². The van der Waals surface area contributed by atoms with Crippen molar-refractivity contribution >= 4 is 11.9 Å². The first kappa shape index (κ1) is 14.4. The van der Waals surface area contributed by atoms with Gasteiger partial charge in [0.25, 0.3) is 0 Å². The lowest BCUT2D eigenvalue weighted by Crippen LogP contribution is -2.42. The highest BCUT2D eigenvalue weighted by atomic mass is 16.4. The maximum Gasteiger partial charge on any atom is 0.310 e. The summed E-state index contributed by atoms with van der Waals surface area (Å²) in [6.45, 7) is 3.70. The van der Waals surface area contributed by atoms with Gasteiger partial charge in [0.05, 0.1) is 5.41 Å². The number of nitrogens with one attached hydrogen (secondary N) is 1. The third kappa shape index (κ3) is 2.77. The zero-order valence-electron chi connectivity index (χ0n) is 11.9. The highest BCUT2D eigenvalue weighted by molar-refractivity contribution is 5.85. The minimum absolute atomic E-state index is 0.0800. The Morgan fingerprint density at radius 3 is 2.32 bits per heavy atom. The summed E-state index contributed by atoms with van der Waals surface area (Å²) in [6.07, 6.45) is 5.99. The van der Waals surface area contributed by atoms with E-state index in [1.54, 1.807) is 0 Å². The molecule has 2 aliphatic rings. The number of carbonyl (C=O) groups excluding carboxylic acids is 1. The van der Waals surface area contributed by atoms with Gasteiger partial charge in [-0.2, -0.15) is 0 Å². The highest BCUT2D eigenvalue weighted by Gasteiger charge is 2.42. The van der Waals surface area contributed by atoms with Gasteiger partial charge in [0.15, 0.2) is 0 Å². The smallest absolute Gasteiger partial charge is 0.310 e. The van der Waals surface area contributed by atoms with E-state index in [4.69, 9.17) is 0 Å². The Morgan fingerprint density at radius 2 is 1.89 bits per heavy atom. The third-order valence-corrected chi connectivity index (χ3v) is 5.39. The molecular weight excluding hydrogens is 242 g/mol. The number of amides is 1. The summed E-state index contributed by atoms with van der Waals surface area (Å²) in [5.41, 5.74) is -0.887. The molecule has 4 nitrogen and oxygen atoms in total. The van der Waals surface area contributed by atoms with Crippen LogP contribution in [-0.2, 0) is 9.59 Å². The molecule has 0 aromatic heterocycles. The second-order valence-electron chi connectivity index (χ2n) is 6.32. The largest absolute Gasteiger partial charge is 0.481 e. The summed E-state index contributed by atoms with van der Waals surface area (Å²) in [5.74, 6) is 0.498. The molecule has 0 aromatic carbocycles. The van der Waals surface area contributed by atoms with Crippen LogP contribution in [0.2, 0.25) is 0 Å². The number of hydrogen-bond donors (Lipinski definition) is 2. The summed E-state index contributed by atoms with van der Waals surface area (Å²) >= 11 is 0. The lowest BCUT2D eigenvalue weighted by molar-refractivity contribution is -0.152. The molecule has 2 rings (SSSR count). The number of rotatable bonds is 6. The van der Waals surface area contributed by atoms with Crippen molar-refractivity contribution in [2.45, 2.75) is 64.8 Å². The number of carboxylic acid groups (broad SMARTS) is 1. The SMILES string of the molecule is CCC(CC)(CC(=O)NC1CC2CCC1C2)C(=O)O. The van der Waals surface area contributed by atoms with Crippen LogP contribution in [0.1, 0.15) is 58.8 Å². The first-order valence-corrected chi connectivity index (χ1v) is 7.53. The molecule has 108 valence electrons.